The summed E-state index contributed by atoms with van der Waals surface area (Å²) in [7, 11) is 9.05. The minimum absolute atomic E-state index is 0.102. The van der Waals surface area contributed by atoms with Crippen molar-refractivity contribution < 1.29 is 33.2 Å². The molecule has 0 N–H and O–H groups in total. The highest BCUT2D eigenvalue weighted by Gasteiger charge is 2.31. The maximum absolute atomic E-state index is 13.1. The van der Waals surface area contributed by atoms with Crippen molar-refractivity contribution in [2.75, 3.05) is 42.7 Å². The van der Waals surface area contributed by atoms with Crippen molar-refractivity contribution in [3.63, 3.8) is 0 Å². The van der Waals surface area contributed by atoms with E-state index < -0.39 is 11.9 Å². The average molecular weight is 418 g/mol. The van der Waals surface area contributed by atoms with E-state index >= 15 is 0 Å². The number of rotatable bonds is 12. The maximum Gasteiger partial charge on any atom is 0.286 e. The highest BCUT2D eigenvalue weighted by atomic mass is 16.9. The van der Waals surface area contributed by atoms with Crippen LogP contribution in [0, 0.1) is 0 Å². The van der Waals surface area contributed by atoms with E-state index in [0.717, 1.165) is 11.1 Å². The Balaban J connectivity index is 2.27. The third kappa shape index (κ3) is 5.51. The molecule has 0 aliphatic heterocycles. The Kier molecular flexibility index (Phi) is 8.66. The zero-order valence-corrected chi connectivity index (χ0v) is 18.4. The quantitative estimate of drug-likeness (QED) is 0.387. The molecule has 164 valence electrons. The van der Waals surface area contributed by atoms with Crippen molar-refractivity contribution in [2.24, 2.45) is 0 Å². The van der Waals surface area contributed by atoms with Gasteiger partial charge < -0.3 is 28.4 Å². The van der Waals surface area contributed by atoms with Gasteiger partial charge in [0.05, 0.1) is 12.8 Å². The number of methoxy groups -OCH3 is 6. The van der Waals surface area contributed by atoms with Crippen LogP contribution in [-0.2, 0) is 41.3 Å². The first kappa shape index (κ1) is 24.1. The highest BCUT2D eigenvalue weighted by molar-refractivity contribution is 6.09. The molecule has 7 heteroatoms. The Bertz CT molecular complexity index is 742. The first-order valence-corrected chi connectivity index (χ1v) is 9.44. The van der Waals surface area contributed by atoms with Crippen molar-refractivity contribution in [3.05, 3.63) is 70.8 Å². The Hall–Kier alpha value is -2.13. The summed E-state index contributed by atoms with van der Waals surface area (Å²) >= 11 is 0. The van der Waals surface area contributed by atoms with Crippen LogP contribution in [0.4, 0.5) is 0 Å². The molecule has 7 nitrogen and oxygen atoms in total. The summed E-state index contributed by atoms with van der Waals surface area (Å²) in [4.78, 5) is 13.1. The molecule has 2 aromatic carbocycles. The molecule has 0 aliphatic rings. The molecule has 2 rings (SSSR count). The van der Waals surface area contributed by atoms with E-state index in [0.29, 0.717) is 24.0 Å². The van der Waals surface area contributed by atoms with Gasteiger partial charge in [-0.25, -0.2) is 0 Å². The van der Waals surface area contributed by atoms with Crippen molar-refractivity contribution in [2.45, 2.75) is 24.8 Å². The maximum atomic E-state index is 13.1. The summed E-state index contributed by atoms with van der Waals surface area (Å²) in [5.41, 5.74) is 2.80. The zero-order chi connectivity index (χ0) is 22.2. The number of hydrogen-bond donors (Lipinski definition) is 0. The van der Waals surface area contributed by atoms with Gasteiger partial charge in [-0.05, 0) is 23.3 Å². The number of carbonyl (C=O) groups is 1. The third-order valence-electron chi connectivity index (χ3n) is 5.09. The van der Waals surface area contributed by atoms with E-state index in [1.54, 1.807) is 12.1 Å². The van der Waals surface area contributed by atoms with Gasteiger partial charge in [0.1, 0.15) is 0 Å². The minimum Gasteiger partial charge on any atom is -0.331 e. The summed E-state index contributed by atoms with van der Waals surface area (Å²) < 4.78 is 32.1. The summed E-state index contributed by atoms with van der Waals surface area (Å²) in [5.74, 6) is -2.51. The fraction of sp³-hybridized carbons (Fsp3) is 0.435. The number of hydrogen-bond acceptors (Lipinski definition) is 7. The first-order chi connectivity index (χ1) is 14.4. The predicted molar refractivity (Wildman–Crippen MR) is 111 cm³/mol. The molecule has 0 saturated carbocycles. The lowest BCUT2D eigenvalue weighted by Gasteiger charge is -2.29. The van der Waals surface area contributed by atoms with Crippen molar-refractivity contribution in [1.82, 2.24) is 0 Å². The van der Waals surface area contributed by atoms with Gasteiger partial charge in [0, 0.05) is 53.8 Å². The number of benzene rings is 2. The van der Waals surface area contributed by atoms with Gasteiger partial charge in [-0.3, -0.25) is 4.79 Å². The van der Waals surface area contributed by atoms with Crippen LogP contribution < -0.4 is 0 Å². The second kappa shape index (κ2) is 10.8. The smallest absolute Gasteiger partial charge is 0.286 e. The van der Waals surface area contributed by atoms with Gasteiger partial charge in [0.15, 0.2) is 5.78 Å². The van der Waals surface area contributed by atoms with E-state index in [9.17, 15) is 4.79 Å². The van der Waals surface area contributed by atoms with Gasteiger partial charge in [-0.2, -0.15) is 0 Å². The minimum atomic E-state index is -1.20. The van der Waals surface area contributed by atoms with E-state index in [4.69, 9.17) is 28.4 Å². The van der Waals surface area contributed by atoms with Gasteiger partial charge in [0.25, 0.3) is 11.9 Å². The molecular weight excluding hydrogens is 388 g/mol. The van der Waals surface area contributed by atoms with E-state index in [2.05, 4.69) is 0 Å². The molecule has 0 aliphatic carbocycles. The molecule has 0 atom stereocenters. The highest BCUT2D eigenvalue weighted by Crippen LogP contribution is 2.23. The molecule has 0 aromatic heterocycles. The van der Waals surface area contributed by atoms with Gasteiger partial charge in [-0.1, -0.05) is 36.4 Å². The van der Waals surface area contributed by atoms with Gasteiger partial charge >= 0.3 is 0 Å². The SMILES string of the molecule is COC(Cc1cccc(C(=O)c2cccc(CC(OC)(OC)OC)c2)c1)(OC)OC. The Morgan fingerprint density at radius 1 is 0.633 bits per heavy atom. The standard InChI is InChI=1S/C23H30O7/c1-25-22(26-2,27-3)15-17-9-7-11-19(13-17)21(24)20-12-8-10-18(14-20)16-23(28-4,29-5)30-6/h7-14H,15-16H2,1-6H3. The molecule has 2 aromatic rings. The van der Waals surface area contributed by atoms with Crippen LogP contribution in [0.5, 0.6) is 0 Å². The lowest BCUT2D eigenvalue weighted by atomic mass is 9.97. The molecule has 0 heterocycles. The van der Waals surface area contributed by atoms with Crippen molar-refractivity contribution in [3.8, 4) is 0 Å². The van der Waals surface area contributed by atoms with Crippen LogP contribution >= 0.6 is 0 Å². The number of ketones is 1. The molecule has 0 saturated heterocycles. The molecule has 0 radical (unpaired) electrons. The summed E-state index contributed by atoms with van der Waals surface area (Å²) in [6.45, 7) is 0. The van der Waals surface area contributed by atoms with Crippen LogP contribution in [0.1, 0.15) is 27.0 Å². The van der Waals surface area contributed by atoms with E-state index in [-0.39, 0.29) is 5.78 Å². The van der Waals surface area contributed by atoms with E-state index in [1.165, 1.54) is 42.7 Å². The predicted octanol–water partition coefficient (Wildman–Crippen LogP) is 3.19. The lowest BCUT2D eigenvalue weighted by molar-refractivity contribution is -0.351. The Morgan fingerprint density at radius 3 is 1.27 bits per heavy atom. The van der Waals surface area contributed by atoms with E-state index in [1.807, 2.05) is 36.4 Å². The second-order valence-corrected chi connectivity index (χ2v) is 6.67. The van der Waals surface area contributed by atoms with Crippen molar-refractivity contribution in [1.29, 1.82) is 0 Å². The Morgan fingerprint density at radius 2 is 0.967 bits per heavy atom. The first-order valence-electron chi connectivity index (χ1n) is 9.44. The third-order valence-corrected chi connectivity index (χ3v) is 5.09. The topological polar surface area (TPSA) is 72.5 Å². The fourth-order valence-electron chi connectivity index (χ4n) is 3.24. The van der Waals surface area contributed by atoms with Crippen molar-refractivity contribution >= 4 is 5.78 Å². The van der Waals surface area contributed by atoms with Crippen LogP contribution in [0.3, 0.4) is 0 Å². The van der Waals surface area contributed by atoms with Crippen LogP contribution in [-0.4, -0.2) is 60.4 Å². The average Bonchev–Trinajstić information content (AvgIpc) is 2.81. The largest absolute Gasteiger partial charge is 0.331 e. The van der Waals surface area contributed by atoms with Gasteiger partial charge in [-0.15, -0.1) is 0 Å². The molecular formula is C23H30O7. The lowest BCUT2D eigenvalue weighted by Crippen LogP contribution is -2.38. The monoisotopic (exact) mass is 418 g/mol. The molecule has 0 spiro atoms. The normalized spacial score (nSPS) is 12.2. The van der Waals surface area contributed by atoms with Crippen LogP contribution in [0.25, 0.3) is 0 Å². The molecule has 30 heavy (non-hydrogen) atoms. The number of carbonyl (C=O) groups excluding carboxylic acids is 1. The second-order valence-electron chi connectivity index (χ2n) is 6.67. The Labute approximate surface area is 177 Å². The van der Waals surface area contributed by atoms with Crippen LogP contribution in [0.2, 0.25) is 0 Å². The molecule has 0 unspecified atom stereocenters. The zero-order valence-electron chi connectivity index (χ0n) is 18.4. The number of ether oxygens (including phenoxy) is 6. The summed E-state index contributed by atoms with van der Waals surface area (Å²) in [6, 6.07) is 14.6. The summed E-state index contributed by atoms with van der Waals surface area (Å²) in [6.07, 6.45) is 0.658. The molecule has 0 bridgehead atoms. The fourth-order valence-corrected chi connectivity index (χ4v) is 3.24. The summed E-state index contributed by atoms with van der Waals surface area (Å²) in [5, 5.41) is 0. The van der Waals surface area contributed by atoms with Crippen LogP contribution in [0.15, 0.2) is 48.5 Å². The molecule has 0 fully saturated rings. The molecule has 0 amide bonds. The van der Waals surface area contributed by atoms with Gasteiger partial charge in [0.2, 0.25) is 0 Å².